The second-order valence-corrected chi connectivity index (χ2v) is 11.7. The zero-order chi connectivity index (χ0) is 29.1. The minimum Gasteiger partial charge on any atom is -0.496 e. The van der Waals surface area contributed by atoms with Crippen molar-refractivity contribution in [2.75, 3.05) is 18.0 Å². The highest BCUT2D eigenvalue weighted by Gasteiger charge is 2.34. The minimum atomic E-state index is -4.75. The van der Waals surface area contributed by atoms with Crippen LogP contribution in [0.25, 0.3) is 0 Å². The van der Waals surface area contributed by atoms with E-state index in [2.05, 4.69) is 5.32 Å². The standard InChI is InChI=1S/C28H30ClF3N2O4S/c1-17(2)22-15-23(18(3)13-26(22)38-5)19(4)33-27(35)16-34(39(36,37)21-9-7-6-8-10-21)25-14-20(28(30,31)32)11-12-24(25)29/h6-15,17,19H,16H2,1-5H3,(H,33,35). The van der Waals surface area contributed by atoms with Crippen molar-refractivity contribution < 1.29 is 31.1 Å². The lowest BCUT2D eigenvalue weighted by Gasteiger charge is -2.27. The molecule has 0 heterocycles. The zero-order valence-corrected chi connectivity index (χ0v) is 23.7. The van der Waals surface area contributed by atoms with Crippen LogP contribution < -0.4 is 14.4 Å². The Bertz CT molecular complexity index is 1450. The molecule has 0 saturated carbocycles. The molecule has 0 aliphatic heterocycles. The number of amides is 1. The normalized spacial score (nSPS) is 12.8. The quantitative estimate of drug-likeness (QED) is 0.299. The van der Waals surface area contributed by atoms with Crippen LogP contribution in [0.3, 0.4) is 0 Å². The van der Waals surface area contributed by atoms with Crippen molar-refractivity contribution in [3.8, 4) is 5.75 Å². The molecule has 0 bridgehead atoms. The second kappa shape index (κ2) is 11.9. The summed E-state index contributed by atoms with van der Waals surface area (Å²) in [6, 6.07) is 12.7. The van der Waals surface area contributed by atoms with E-state index < -0.39 is 45.9 Å². The maximum Gasteiger partial charge on any atom is 0.416 e. The van der Waals surface area contributed by atoms with E-state index >= 15 is 0 Å². The van der Waals surface area contributed by atoms with Crippen LogP contribution in [0.2, 0.25) is 5.02 Å². The highest BCUT2D eigenvalue weighted by Crippen LogP contribution is 2.37. The molecule has 3 aromatic carbocycles. The van der Waals surface area contributed by atoms with Crippen molar-refractivity contribution >= 4 is 33.2 Å². The summed E-state index contributed by atoms with van der Waals surface area (Å²) < 4.78 is 73.7. The molecule has 0 aliphatic carbocycles. The minimum absolute atomic E-state index is 0.136. The van der Waals surface area contributed by atoms with Crippen LogP contribution in [0, 0.1) is 6.92 Å². The van der Waals surface area contributed by atoms with Gasteiger partial charge in [-0.2, -0.15) is 13.2 Å². The molecule has 0 aliphatic rings. The average molecular weight is 583 g/mol. The van der Waals surface area contributed by atoms with Crippen LogP contribution in [0.1, 0.15) is 55.0 Å². The van der Waals surface area contributed by atoms with E-state index in [-0.39, 0.29) is 15.8 Å². The SMILES string of the molecule is COc1cc(C)c(C(C)NC(=O)CN(c2cc(C(F)(F)F)ccc2Cl)S(=O)(=O)c2ccccc2)cc1C(C)C. The van der Waals surface area contributed by atoms with Gasteiger partial charge < -0.3 is 10.1 Å². The van der Waals surface area contributed by atoms with Crippen LogP contribution in [-0.4, -0.2) is 28.0 Å². The van der Waals surface area contributed by atoms with E-state index in [4.69, 9.17) is 16.3 Å². The molecule has 1 N–H and O–H groups in total. The number of carbonyl (C=O) groups excluding carboxylic acids is 1. The number of benzene rings is 3. The molecule has 3 rings (SSSR count). The van der Waals surface area contributed by atoms with Crippen molar-refractivity contribution in [3.63, 3.8) is 0 Å². The number of hydrogen-bond acceptors (Lipinski definition) is 4. The number of aryl methyl sites for hydroxylation is 1. The highest BCUT2D eigenvalue weighted by molar-refractivity contribution is 7.92. The molecule has 0 saturated heterocycles. The molecule has 1 atom stereocenters. The lowest BCUT2D eigenvalue weighted by atomic mass is 9.93. The molecule has 11 heteroatoms. The smallest absolute Gasteiger partial charge is 0.416 e. The first kappa shape index (κ1) is 30.3. The summed E-state index contributed by atoms with van der Waals surface area (Å²) in [7, 11) is -2.89. The van der Waals surface area contributed by atoms with E-state index in [1.54, 1.807) is 20.1 Å². The molecule has 1 unspecified atom stereocenters. The number of nitrogens with one attached hydrogen (secondary N) is 1. The molecule has 210 valence electrons. The number of carbonyl (C=O) groups is 1. The number of anilines is 1. The molecule has 39 heavy (non-hydrogen) atoms. The van der Waals surface area contributed by atoms with Gasteiger partial charge in [-0.15, -0.1) is 0 Å². The lowest BCUT2D eigenvalue weighted by Crippen LogP contribution is -2.42. The van der Waals surface area contributed by atoms with Gasteiger partial charge in [-0.25, -0.2) is 8.42 Å². The Morgan fingerprint density at radius 1 is 1.03 bits per heavy atom. The molecular formula is C28H30ClF3N2O4S. The molecule has 0 fully saturated rings. The largest absolute Gasteiger partial charge is 0.496 e. The van der Waals surface area contributed by atoms with Gasteiger partial charge in [0.2, 0.25) is 5.91 Å². The Morgan fingerprint density at radius 2 is 1.67 bits per heavy atom. The van der Waals surface area contributed by atoms with Crippen molar-refractivity contribution in [1.29, 1.82) is 0 Å². The number of halogens is 4. The third-order valence-corrected chi connectivity index (χ3v) is 8.34. The monoisotopic (exact) mass is 582 g/mol. The molecule has 3 aromatic rings. The summed E-state index contributed by atoms with van der Waals surface area (Å²) in [4.78, 5) is 13.0. The fourth-order valence-corrected chi connectivity index (χ4v) is 5.93. The van der Waals surface area contributed by atoms with Crippen molar-refractivity contribution in [1.82, 2.24) is 5.32 Å². The number of ether oxygens (including phenoxy) is 1. The molecular weight excluding hydrogens is 553 g/mol. The number of hydrogen-bond donors (Lipinski definition) is 1. The molecule has 0 aromatic heterocycles. The number of rotatable bonds is 9. The first-order chi connectivity index (χ1) is 18.2. The number of nitrogens with zero attached hydrogens (tertiary/aromatic N) is 1. The van der Waals surface area contributed by atoms with Gasteiger partial charge in [0.15, 0.2) is 0 Å². The fraction of sp³-hybridized carbons (Fsp3) is 0.321. The molecule has 0 radical (unpaired) electrons. The maximum absolute atomic E-state index is 13.6. The Labute approximate surface area is 231 Å². The number of methoxy groups -OCH3 is 1. The van der Waals surface area contributed by atoms with Gasteiger partial charge in [-0.3, -0.25) is 9.10 Å². The van der Waals surface area contributed by atoms with Crippen molar-refractivity contribution in [3.05, 3.63) is 87.9 Å². The van der Waals surface area contributed by atoms with Gasteiger partial charge in [0.05, 0.1) is 34.3 Å². The third kappa shape index (κ3) is 6.86. The van der Waals surface area contributed by atoms with Gasteiger partial charge in [-0.1, -0.05) is 43.6 Å². The van der Waals surface area contributed by atoms with E-state index in [1.165, 1.54) is 24.3 Å². The van der Waals surface area contributed by atoms with Crippen LogP contribution in [0.4, 0.5) is 18.9 Å². The fourth-order valence-electron chi connectivity index (χ4n) is 4.21. The summed E-state index contributed by atoms with van der Waals surface area (Å²) in [5, 5.41) is 2.52. The first-order valence-electron chi connectivity index (χ1n) is 12.1. The van der Waals surface area contributed by atoms with Gasteiger partial charge in [0.25, 0.3) is 10.0 Å². The van der Waals surface area contributed by atoms with Crippen molar-refractivity contribution in [2.24, 2.45) is 0 Å². The summed E-state index contributed by atoms with van der Waals surface area (Å²) in [6.07, 6.45) is -4.75. The van der Waals surface area contributed by atoms with Crippen LogP contribution in [-0.2, 0) is 21.0 Å². The van der Waals surface area contributed by atoms with Crippen LogP contribution >= 0.6 is 11.6 Å². The number of alkyl halides is 3. The Balaban J connectivity index is 2.01. The predicted octanol–water partition coefficient (Wildman–Crippen LogP) is 6.87. The second-order valence-electron chi connectivity index (χ2n) is 9.38. The average Bonchev–Trinajstić information content (AvgIpc) is 2.87. The van der Waals surface area contributed by atoms with Gasteiger partial charge in [0.1, 0.15) is 12.3 Å². The van der Waals surface area contributed by atoms with Gasteiger partial charge in [0, 0.05) is 0 Å². The highest BCUT2D eigenvalue weighted by atomic mass is 35.5. The third-order valence-electron chi connectivity index (χ3n) is 6.24. The predicted molar refractivity (Wildman–Crippen MR) is 146 cm³/mol. The molecule has 1 amide bonds. The summed E-state index contributed by atoms with van der Waals surface area (Å²) >= 11 is 6.20. The van der Waals surface area contributed by atoms with Crippen LogP contribution in [0.15, 0.2) is 65.6 Å². The zero-order valence-electron chi connectivity index (χ0n) is 22.1. The van der Waals surface area contributed by atoms with Gasteiger partial charge in [-0.05, 0) is 78.9 Å². The Hall–Kier alpha value is -3.24. The summed E-state index contributed by atoms with van der Waals surface area (Å²) in [5.41, 5.74) is 1.02. The Morgan fingerprint density at radius 3 is 2.23 bits per heavy atom. The van der Waals surface area contributed by atoms with E-state index in [1.807, 2.05) is 32.9 Å². The van der Waals surface area contributed by atoms with E-state index in [9.17, 15) is 26.4 Å². The lowest BCUT2D eigenvalue weighted by molar-refractivity contribution is -0.137. The molecule has 6 nitrogen and oxygen atoms in total. The number of sulfonamides is 1. The van der Waals surface area contributed by atoms with Crippen LogP contribution in [0.5, 0.6) is 5.75 Å². The summed E-state index contributed by atoms with van der Waals surface area (Å²) in [5.74, 6) is 0.123. The van der Waals surface area contributed by atoms with E-state index in [0.29, 0.717) is 16.1 Å². The first-order valence-corrected chi connectivity index (χ1v) is 13.9. The topological polar surface area (TPSA) is 75.7 Å². The summed E-state index contributed by atoms with van der Waals surface area (Å²) in [6.45, 7) is 6.81. The van der Waals surface area contributed by atoms with E-state index in [0.717, 1.165) is 28.8 Å². The van der Waals surface area contributed by atoms with Crippen molar-refractivity contribution in [2.45, 2.75) is 50.7 Å². The molecule has 0 spiro atoms. The van der Waals surface area contributed by atoms with Gasteiger partial charge >= 0.3 is 6.18 Å². The Kier molecular flexibility index (Phi) is 9.23. The maximum atomic E-state index is 13.6.